The van der Waals surface area contributed by atoms with Crippen LogP contribution in [0, 0.1) is 21.4 Å². The summed E-state index contributed by atoms with van der Waals surface area (Å²) in [5, 5.41) is 29.3. The number of pyridine rings is 1. The van der Waals surface area contributed by atoms with Crippen LogP contribution in [0.2, 0.25) is 0 Å². The van der Waals surface area contributed by atoms with Crippen LogP contribution >= 0.6 is 11.8 Å². The molecule has 0 saturated heterocycles. The molecule has 0 aliphatic rings. The molecule has 0 amide bonds. The molecular formula is C12H7N3O3S. The smallest absolute Gasteiger partial charge is 0.288 e. The van der Waals surface area contributed by atoms with E-state index in [1.807, 2.05) is 6.07 Å². The van der Waals surface area contributed by atoms with Crippen molar-refractivity contribution in [2.75, 3.05) is 0 Å². The summed E-state index contributed by atoms with van der Waals surface area (Å²) in [5.74, 6) is 0.102. The molecule has 1 heterocycles. The highest BCUT2D eigenvalue weighted by molar-refractivity contribution is 7.99. The highest BCUT2D eigenvalue weighted by atomic mass is 32.2. The Hall–Kier alpha value is -2.59. The van der Waals surface area contributed by atoms with E-state index in [2.05, 4.69) is 4.98 Å². The summed E-state index contributed by atoms with van der Waals surface area (Å²) < 4.78 is 0. The molecule has 1 aromatic carbocycles. The first-order valence-corrected chi connectivity index (χ1v) is 5.93. The van der Waals surface area contributed by atoms with Crippen molar-refractivity contribution in [3.8, 4) is 11.8 Å². The second-order valence-corrected chi connectivity index (χ2v) is 4.58. The molecule has 6 nitrogen and oxygen atoms in total. The zero-order chi connectivity index (χ0) is 13.8. The van der Waals surface area contributed by atoms with Gasteiger partial charge in [0.1, 0.15) is 23.0 Å². The van der Waals surface area contributed by atoms with Crippen LogP contribution < -0.4 is 0 Å². The van der Waals surface area contributed by atoms with Crippen molar-refractivity contribution >= 4 is 17.4 Å². The van der Waals surface area contributed by atoms with Crippen molar-refractivity contribution in [3.63, 3.8) is 0 Å². The van der Waals surface area contributed by atoms with Crippen molar-refractivity contribution in [2.24, 2.45) is 0 Å². The van der Waals surface area contributed by atoms with E-state index < -0.39 is 4.92 Å². The summed E-state index contributed by atoms with van der Waals surface area (Å²) >= 11 is 1.16. The minimum Gasteiger partial charge on any atom is -0.508 e. The van der Waals surface area contributed by atoms with E-state index in [1.165, 1.54) is 18.2 Å². The zero-order valence-corrected chi connectivity index (χ0v) is 10.3. The summed E-state index contributed by atoms with van der Waals surface area (Å²) in [6, 6.07) is 9.51. The predicted octanol–water partition coefficient (Wildman–Crippen LogP) is 2.72. The largest absolute Gasteiger partial charge is 0.508 e. The number of aromatic nitrogens is 1. The number of nitrogens with zero attached hydrogens (tertiary/aromatic N) is 3. The molecule has 2 aromatic rings. The van der Waals surface area contributed by atoms with E-state index >= 15 is 0 Å². The SMILES string of the molecule is N#Cc1cc([N+](=O)[O-])cnc1Sc1cccc(O)c1. The van der Waals surface area contributed by atoms with E-state index in [9.17, 15) is 15.2 Å². The molecule has 1 aromatic heterocycles. The minimum atomic E-state index is -0.601. The van der Waals surface area contributed by atoms with Crippen LogP contribution in [0.4, 0.5) is 5.69 Å². The molecule has 2 rings (SSSR count). The Balaban J connectivity index is 2.36. The molecule has 1 N–H and O–H groups in total. The summed E-state index contributed by atoms with van der Waals surface area (Å²) in [6.45, 7) is 0. The number of nitriles is 1. The highest BCUT2D eigenvalue weighted by Gasteiger charge is 2.13. The van der Waals surface area contributed by atoms with Gasteiger partial charge in [-0.1, -0.05) is 17.8 Å². The fraction of sp³-hybridized carbons (Fsp3) is 0. The lowest BCUT2D eigenvalue weighted by molar-refractivity contribution is -0.385. The molecule has 19 heavy (non-hydrogen) atoms. The molecule has 0 saturated carbocycles. The molecular weight excluding hydrogens is 266 g/mol. The normalized spacial score (nSPS) is 9.84. The van der Waals surface area contributed by atoms with Crippen LogP contribution in [0.1, 0.15) is 5.56 Å². The van der Waals surface area contributed by atoms with Gasteiger partial charge in [-0.15, -0.1) is 0 Å². The standard InChI is InChI=1S/C12H7N3O3S/c13-6-8-4-9(15(17)18)7-14-12(8)19-11-3-1-2-10(16)5-11/h1-5,7,16H. The molecule has 0 atom stereocenters. The summed E-state index contributed by atoms with van der Waals surface area (Å²) in [6.07, 6.45) is 1.10. The van der Waals surface area contributed by atoms with E-state index in [-0.39, 0.29) is 17.0 Å². The van der Waals surface area contributed by atoms with Gasteiger partial charge in [-0.3, -0.25) is 10.1 Å². The van der Waals surface area contributed by atoms with Crippen LogP contribution in [-0.4, -0.2) is 15.0 Å². The lowest BCUT2D eigenvalue weighted by Crippen LogP contribution is -1.93. The van der Waals surface area contributed by atoms with E-state index in [0.29, 0.717) is 9.92 Å². The number of rotatable bonds is 3. The fourth-order valence-corrected chi connectivity index (χ4v) is 2.23. The van der Waals surface area contributed by atoms with Crippen molar-refractivity contribution in [1.82, 2.24) is 4.98 Å². The van der Waals surface area contributed by atoms with Crippen LogP contribution in [0.5, 0.6) is 5.75 Å². The van der Waals surface area contributed by atoms with Crippen molar-refractivity contribution < 1.29 is 10.0 Å². The lowest BCUT2D eigenvalue weighted by atomic mass is 10.3. The lowest BCUT2D eigenvalue weighted by Gasteiger charge is -2.03. The van der Waals surface area contributed by atoms with E-state index in [1.54, 1.807) is 12.1 Å². The third-order valence-electron chi connectivity index (χ3n) is 2.20. The predicted molar refractivity (Wildman–Crippen MR) is 67.8 cm³/mol. The number of nitro groups is 1. The summed E-state index contributed by atoms with van der Waals surface area (Å²) in [4.78, 5) is 14.6. The van der Waals surface area contributed by atoms with Gasteiger partial charge in [0.2, 0.25) is 0 Å². The van der Waals surface area contributed by atoms with Gasteiger partial charge in [-0.2, -0.15) is 5.26 Å². The van der Waals surface area contributed by atoms with Crippen LogP contribution in [-0.2, 0) is 0 Å². The first-order valence-electron chi connectivity index (χ1n) is 5.11. The third kappa shape index (κ3) is 3.00. The van der Waals surface area contributed by atoms with Gasteiger partial charge in [0.05, 0.1) is 10.5 Å². The first kappa shape index (κ1) is 12.9. The topological polar surface area (TPSA) is 100 Å². The van der Waals surface area contributed by atoms with Crippen LogP contribution in [0.15, 0.2) is 46.5 Å². The average molecular weight is 273 g/mol. The van der Waals surface area contributed by atoms with Crippen molar-refractivity contribution in [2.45, 2.75) is 9.92 Å². The van der Waals surface area contributed by atoms with Gasteiger partial charge in [0, 0.05) is 11.0 Å². The van der Waals surface area contributed by atoms with Crippen LogP contribution in [0.25, 0.3) is 0 Å². The molecule has 7 heteroatoms. The number of phenols is 1. The first-order chi connectivity index (χ1) is 9.10. The average Bonchev–Trinajstić information content (AvgIpc) is 2.39. The Kier molecular flexibility index (Phi) is 3.63. The maximum Gasteiger partial charge on any atom is 0.288 e. The Labute approximate surface area is 112 Å². The maximum atomic E-state index is 10.6. The number of phenolic OH excluding ortho intramolecular Hbond substituents is 1. The van der Waals surface area contributed by atoms with Crippen molar-refractivity contribution in [3.05, 3.63) is 52.2 Å². The highest BCUT2D eigenvalue weighted by Crippen LogP contribution is 2.31. The molecule has 0 aliphatic heterocycles. The summed E-state index contributed by atoms with van der Waals surface area (Å²) in [7, 11) is 0. The number of hydrogen-bond donors (Lipinski definition) is 1. The van der Waals surface area contributed by atoms with Gasteiger partial charge in [-0.25, -0.2) is 4.98 Å². The maximum absolute atomic E-state index is 10.6. The van der Waals surface area contributed by atoms with Gasteiger partial charge >= 0.3 is 0 Å². The van der Waals surface area contributed by atoms with Crippen LogP contribution in [0.3, 0.4) is 0 Å². The molecule has 0 spiro atoms. The molecule has 0 fully saturated rings. The Bertz CT molecular complexity index is 682. The van der Waals surface area contributed by atoms with Gasteiger partial charge in [0.25, 0.3) is 5.69 Å². The fourth-order valence-electron chi connectivity index (χ4n) is 1.36. The molecule has 0 aliphatic carbocycles. The number of aromatic hydroxyl groups is 1. The monoisotopic (exact) mass is 273 g/mol. The molecule has 0 unspecified atom stereocenters. The second kappa shape index (κ2) is 5.37. The van der Waals surface area contributed by atoms with Gasteiger partial charge in [0.15, 0.2) is 0 Å². The van der Waals surface area contributed by atoms with E-state index in [0.717, 1.165) is 18.0 Å². The van der Waals surface area contributed by atoms with Gasteiger partial charge < -0.3 is 5.11 Å². The van der Waals surface area contributed by atoms with Gasteiger partial charge in [-0.05, 0) is 18.2 Å². The molecule has 94 valence electrons. The third-order valence-corrected chi connectivity index (χ3v) is 3.21. The number of benzene rings is 1. The quantitative estimate of drug-likeness (QED) is 0.681. The Morgan fingerprint density at radius 3 is 2.84 bits per heavy atom. The van der Waals surface area contributed by atoms with E-state index in [4.69, 9.17) is 5.26 Å². The van der Waals surface area contributed by atoms with Crippen molar-refractivity contribution in [1.29, 1.82) is 5.26 Å². The summed E-state index contributed by atoms with van der Waals surface area (Å²) in [5.41, 5.74) is -0.0978. The Morgan fingerprint density at radius 2 is 2.21 bits per heavy atom. The molecule has 0 radical (unpaired) electrons. The second-order valence-electron chi connectivity index (χ2n) is 3.51. The number of hydrogen-bond acceptors (Lipinski definition) is 6. The minimum absolute atomic E-state index is 0.102. The zero-order valence-electron chi connectivity index (χ0n) is 9.48. The Morgan fingerprint density at radius 1 is 1.42 bits per heavy atom. The molecule has 0 bridgehead atoms.